The Morgan fingerprint density at radius 3 is 1.10 bits per heavy atom. The maximum atomic E-state index is 12.8. The molecule has 6 heteroatoms. The highest BCUT2D eigenvalue weighted by Crippen LogP contribution is 2.14. The fraction of sp³-hybridized carbons (Fsp3) is 0.565. The van der Waals surface area contributed by atoms with E-state index in [0.29, 0.717) is 19.3 Å². The van der Waals surface area contributed by atoms with Gasteiger partial charge in [-0.1, -0.05) is 256 Å². The lowest BCUT2D eigenvalue weighted by molar-refractivity contribution is -0.167. The largest absolute Gasteiger partial charge is 0.462 e. The summed E-state index contributed by atoms with van der Waals surface area (Å²) in [4.78, 5) is 38.1. The van der Waals surface area contributed by atoms with Crippen molar-refractivity contribution in [3.63, 3.8) is 0 Å². The first kappa shape index (κ1) is 63.3. The molecule has 0 aromatic heterocycles. The summed E-state index contributed by atoms with van der Waals surface area (Å²) < 4.78 is 16.7. The molecule has 1 unspecified atom stereocenters. The predicted molar refractivity (Wildman–Crippen MR) is 292 cm³/mol. The summed E-state index contributed by atoms with van der Waals surface area (Å²) in [5, 5.41) is 0. The van der Waals surface area contributed by atoms with Crippen LogP contribution in [0.1, 0.15) is 207 Å². The van der Waals surface area contributed by atoms with Gasteiger partial charge in [0.15, 0.2) is 6.10 Å². The molecule has 0 amide bonds. The molecular formula is C62H96O6. The van der Waals surface area contributed by atoms with Crippen LogP contribution in [0.3, 0.4) is 0 Å². The molecule has 0 aliphatic heterocycles. The molecule has 0 saturated carbocycles. The van der Waals surface area contributed by atoms with Gasteiger partial charge >= 0.3 is 17.9 Å². The third-order valence-electron chi connectivity index (χ3n) is 10.8. The molecule has 380 valence electrons. The van der Waals surface area contributed by atoms with Crippen LogP contribution in [-0.4, -0.2) is 37.2 Å². The van der Waals surface area contributed by atoms with E-state index in [4.69, 9.17) is 14.2 Å². The Morgan fingerprint density at radius 2 is 0.662 bits per heavy atom. The van der Waals surface area contributed by atoms with Crippen LogP contribution in [0.2, 0.25) is 0 Å². The van der Waals surface area contributed by atoms with Crippen LogP contribution in [0.15, 0.2) is 146 Å². The first-order valence-corrected chi connectivity index (χ1v) is 26.9. The molecule has 1 atom stereocenters. The SMILES string of the molecule is CC\C=C/C=C\C=C/C=C\C=C\C=C/C=C\CCCCCC(=O)OCC(COC(=O)CCCCCCCCCCCCCCCC)OC(=O)CCC/C=C\C/C=C\C/C=C\C/C=C\C/C=C\CC. The van der Waals surface area contributed by atoms with Crippen molar-refractivity contribution in [1.82, 2.24) is 0 Å². The van der Waals surface area contributed by atoms with Crippen molar-refractivity contribution in [3.8, 4) is 0 Å². The number of carbonyl (C=O) groups is 3. The Labute approximate surface area is 417 Å². The third kappa shape index (κ3) is 52.3. The monoisotopic (exact) mass is 937 g/mol. The molecule has 0 aliphatic rings. The zero-order valence-electron chi connectivity index (χ0n) is 43.3. The Hall–Kier alpha value is -4.71. The van der Waals surface area contributed by atoms with Gasteiger partial charge < -0.3 is 14.2 Å². The highest BCUT2D eigenvalue weighted by Gasteiger charge is 2.19. The van der Waals surface area contributed by atoms with E-state index in [2.05, 4.69) is 93.7 Å². The minimum Gasteiger partial charge on any atom is -0.462 e. The zero-order valence-corrected chi connectivity index (χ0v) is 43.3. The summed E-state index contributed by atoms with van der Waals surface area (Å²) >= 11 is 0. The number of ether oxygens (including phenoxy) is 3. The highest BCUT2D eigenvalue weighted by atomic mass is 16.6. The molecule has 0 saturated heterocycles. The Morgan fingerprint density at radius 1 is 0.324 bits per heavy atom. The third-order valence-corrected chi connectivity index (χ3v) is 10.8. The molecule has 0 aromatic carbocycles. The van der Waals surface area contributed by atoms with E-state index < -0.39 is 6.10 Å². The molecule has 0 aliphatic carbocycles. The first-order chi connectivity index (χ1) is 33.5. The van der Waals surface area contributed by atoms with Crippen LogP contribution in [0, 0.1) is 0 Å². The fourth-order valence-corrected chi connectivity index (χ4v) is 6.81. The Bertz CT molecular complexity index is 1540. The van der Waals surface area contributed by atoms with Gasteiger partial charge in [0.05, 0.1) is 0 Å². The number of rotatable bonds is 46. The van der Waals surface area contributed by atoms with Crippen molar-refractivity contribution >= 4 is 17.9 Å². The van der Waals surface area contributed by atoms with Crippen molar-refractivity contribution in [2.45, 2.75) is 213 Å². The maximum absolute atomic E-state index is 12.8. The lowest BCUT2D eigenvalue weighted by atomic mass is 10.0. The van der Waals surface area contributed by atoms with Crippen molar-refractivity contribution in [2.24, 2.45) is 0 Å². The van der Waals surface area contributed by atoms with Crippen LogP contribution in [0.25, 0.3) is 0 Å². The number of allylic oxidation sites excluding steroid dienone is 24. The second kappa shape index (κ2) is 54.9. The van der Waals surface area contributed by atoms with Gasteiger partial charge in [-0.25, -0.2) is 0 Å². The first-order valence-electron chi connectivity index (χ1n) is 26.9. The summed E-state index contributed by atoms with van der Waals surface area (Å²) in [6, 6.07) is 0. The smallest absolute Gasteiger partial charge is 0.306 e. The zero-order chi connectivity index (χ0) is 49.3. The standard InChI is InChI=1S/C62H96O6/c1-4-7-10-13-16-19-22-25-28-30-31-33-34-37-40-43-46-49-52-55-61(64)67-58-59(57-66-60(63)54-51-48-45-42-39-36-27-24-21-18-15-12-9-6-3)68-62(65)56-53-50-47-44-41-38-35-32-29-26-23-20-17-14-11-8-5-2/h7-8,10-11,13,16-17,19-20,22,25-26,28-31,33-35,37-38,40,44,47,59H,4-6,9,12,14-15,18,21,23-24,27,32,36,39,41-43,45-46,48-58H2,1-3H3/b10-7-,11-8-,16-13-,20-17-,22-19-,28-25-,29-26-,31-30+,34-33-,38-35-,40-37-,47-44-. The number of hydrogen-bond donors (Lipinski definition) is 0. The molecule has 0 spiro atoms. The van der Waals surface area contributed by atoms with Crippen molar-refractivity contribution in [1.29, 1.82) is 0 Å². The topological polar surface area (TPSA) is 78.9 Å². The molecule has 0 radical (unpaired) electrons. The second-order valence-electron chi connectivity index (χ2n) is 17.2. The predicted octanol–water partition coefficient (Wildman–Crippen LogP) is 18.0. The lowest BCUT2D eigenvalue weighted by Gasteiger charge is -2.18. The Balaban J connectivity index is 4.61. The van der Waals surface area contributed by atoms with Crippen LogP contribution in [0.4, 0.5) is 0 Å². The second-order valence-corrected chi connectivity index (χ2v) is 17.2. The van der Waals surface area contributed by atoms with Crippen LogP contribution in [0.5, 0.6) is 0 Å². The molecule has 0 heterocycles. The molecule has 0 aromatic rings. The molecular weight excluding hydrogens is 841 g/mol. The summed E-state index contributed by atoms with van der Waals surface area (Å²) in [7, 11) is 0. The van der Waals surface area contributed by atoms with E-state index in [1.807, 2.05) is 72.9 Å². The van der Waals surface area contributed by atoms with Crippen molar-refractivity contribution in [3.05, 3.63) is 146 Å². The fourth-order valence-electron chi connectivity index (χ4n) is 6.81. The van der Waals surface area contributed by atoms with Crippen LogP contribution < -0.4 is 0 Å². The van der Waals surface area contributed by atoms with Crippen molar-refractivity contribution < 1.29 is 28.6 Å². The number of carbonyl (C=O) groups excluding carboxylic acids is 3. The van der Waals surface area contributed by atoms with Crippen LogP contribution in [-0.2, 0) is 28.6 Å². The lowest BCUT2D eigenvalue weighted by Crippen LogP contribution is -2.30. The van der Waals surface area contributed by atoms with Gasteiger partial charge in [-0.15, -0.1) is 0 Å². The average molecular weight is 937 g/mol. The minimum absolute atomic E-state index is 0.120. The summed E-state index contributed by atoms with van der Waals surface area (Å²) in [5.41, 5.74) is 0. The molecule has 68 heavy (non-hydrogen) atoms. The van der Waals surface area contributed by atoms with Gasteiger partial charge in [0.1, 0.15) is 13.2 Å². The van der Waals surface area contributed by atoms with Gasteiger partial charge in [-0.05, 0) is 77.0 Å². The normalized spacial score (nSPS) is 13.3. The maximum Gasteiger partial charge on any atom is 0.306 e. The summed E-state index contributed by atoms with van der Waals surface area (Å²) in [5.74, 6) is -1.03. The summed E-state index contributed by atoms with van der Waals surface area (Å²) in [6.07, 6.45) is 78.3. The highest BCUT2D eigenvalue weighted by molar-refractivity contribution is 5.71. The number of esters is 3. The van der Waals surface area contributed by atoms with E-state index in [1.165, 1.54) is 70.6 Å². The van der Waals surface area contributed by atoms with Crippen molar-refractivity contribution in [2.75, 3.05) is 13.2 Å². The quantitative estimate of drug-likeness (QED) is 0.0199. The van der Waals surface area contributed by atoms with Gasteiger partial charge in [0.25, 0.3) is 0 Å². The molecule has 0 N–H and O–H groups in total. The molecule has 0 fully saturated rings. The van der Waals surface area contributed by atoms with E-state index in [9.17, 15) is 14.4 Å². The van der Waals surface area contributed by atoms with Gasteiger partial charge in [-0.2, -0.15) is 0 Å². The molecule has 0 rings (SSSR count). The van der Waals surface area contributed by atoms with E-state index in [-0.39, 0.29) is 44.0 Å². The van der Waals surface area contributed by atoms with E-state index in [0.717, 1.165) is 83.5 Å². The number of hydrogen-bond acceptors (Lipinski definition) is 6. The number of unbranched alkanes of at least 4 members (excludes halogenated alkanes) is 17. The van der Waals surface area contributed by atoms with Crippen LogP contribution >= 0.6 is 0 Å². The Kier molecular flexibility index (Phi) is 51.1. The van der Waals surface area contributed by atoms with E-state index >= 15 is 0 Å². The summed E-state index contributed by atoms with van der Waals surface area (Å²) in [6.45, 7) is 6.28. The molecule has 6 nitrogen and oxygen atoms in total. The minimum atomic E-state index is -0.832. The van der Waals surface area contributed by atoms with E-state index in [1.54, 1.807) is 0 Å². The van der Waals surface area contributed by atoms with Gasteiger partial charge in [0, 0.05) is 19.3 Å². The molecule has 0 bridgehead atoms. The average Bonchev–Trinajstić information content (AvgIpc) is 3.34. The van der Waals surface area contributed by atoms with Gasteiger partial charge in [-0.3, -0.25) is 14.4 Å². The van der Waals surface area contributed by atoms with Gasteiger partial charge in [0.2, 0.25) is 0 Å².